The molecule has 3 N–H and O–H groups in total. The van der Waals surface area contributed by atoms with Gasteiger partial charge >= 0.3 is 0 Å². The Balaban J connectivity index is 0.00000162. The molecule has 94 valence electrons. The fourth-order valence-corrected chi connectivity index (χ4v) is 1.61. The number of aromatic amines is 1. The lowest BCUT2D eigenvalue weighted by Crippen LogP contribution is -1.95. The lowest BCUT2D eigenvalue weighted by Gasteiger charge is -1.97. The van der Waals surface area contributed by atoms with E-state index in [0.29, 0.717) is 5.92 Å². The quantitative estimate of drug-likeness (QED) is 0.856. The molecule has 0 radical (unpaired) electrons. The second-order valence-corrected chi connectivity index (χ2v) is 4.48. The Bertz CT molecular complexity index is 561. The highest BCUT2D eigenvalue weighted by Gasteiger charge is 2.06. The maximum Gasteiger partial charge on any atom is 0.156 e. The third-order valence-electron chi connectivity index (χ3n) is 2.74. The largest absolute Gasteiger partial charge is 0.402 e. The minimum absolute atomic E-state index is 0. The summed E-state index contributed by atoms with van der Waals surface area (Å²) in [6, 6.07) is 2.05. The van der Waals surface area contributed by atoms with E-state index in [4.69, 9.17) is 5.73 Å². The van der Waals surface area contributed by atoms with Crippen LogP contribution in [0.4, 0.5) is 0 Å². The van der Waals surface area contributed by atoms with Gasteiger partial charge in [-0.2, -0.15) is 0 Å². The van der Waals surface area contributed by atoms with Crippen molar-refractivity contribution in [2.45, 2.75) is 33.1 Å². The van der Waals surface area contributed by atoms with E-state index in [1.165, 1.54) is 0 Å². The van der Waals surface area contributed by atoms with Crippen LogP contribution in [-0.2, 0) is 0 Å². The molecule has 0 bridgehead atoms. The summed E-state index contributed by atoms with van der Waals surface area (Å²) in [5.41, 5.74) is 10.3. The Labute approximate surface area is 104 Å². The molecule has 0 atom stereocenters. The first-order valence-electron chi connectivity index (χ1n) is 5.92. The first-order chi connectivity index (χ1) is 8.10. The molecule has 0 fully saturated rings. The Morgan fingerprint density at radius 2 is 2.35 bits per heavy atom. The van der Waals surface area contributed by atoms with Crippen LogP contribution in [0.1, 0.15) is 47.4 Å². The van der Waals surface area contributed by atoms with Gasteiger partial charge < -0.3 is 10.7 Å². The van der Waals surface area contributed by atoms with E-state index in [1.807, 2.05) is 19.1 Å². The van der Waals surface area contributed by atoms with Gasteiger partial charge in [0.15, 0.2) is 5.65 Å². The molecule has 0 aliphatic rings. The molecule has 2 aromatic heterocycles. The van der Waals surface area contributed by atoms with Crippen LogP contribution in [0.2, 0.25) is 0 Å². The first kappa shape index (κ1) is 11.6. The average molecular weight is 234 g/mol. The molecule has 0 aliphatic heterocycles. The third kappa shape index (κ3) is 2.46. The summed E-state index contributed by atoms with van der Waals surface area (Å²) in [4.78, 5) is 12.1. The summed E-state index contributed by atoms with van der Waals surface area (Å²) in [5.74, 6) is 0.450. The molecular formula is C13H22N4. The SMILES string of the molecule is CC/C(N)=C/c1cnc2[nH]c(C(C)C)cc2n1.[HH].[HH]. The van der Waals surface area contributed by atoms with Gasteiger partial charge in [-0.05, 0) is 24.5 Å². The number of nitrogens with two attached hydrogens (primary N) is 1. The Kier molecular flexibility index (Phi) is 3.13. The fourth-order valence-electron chi connectivity index (χ4n) is 1.61. The molecule has 0 spiro atoms. The molecule has 0 saturated carbocycles. The van der Waals surface area contributed by atoms with Crippen LogP contribution < -0.4 is 5.73 Å². The van der Waals surface area contributed by atoms with Gasteiger partial charge in [0, 0.05) is 14.2 Å². The Morgan fingerprint density at radius 1 is 1.59 bits per heavy atom. The van der Waals surface area contributed by atoms with Crippen LogP contribution in [0.5, 0.6) is 0 Å². The van der Waals surface area contributed by atoms with Crippen LogP contribution >= 0.6 is 0 Å². The van der Waals surface area contributed by atoms with Crippen molar-refractivity contribution in [2.75, 3.05) is 0 Å². The smallest absolute Gasteiger partial charge is 0.156 e. The molecule has 0 amide bonds. The van der Waals surface area contributed by atoms with Gasteiger partial charge in [-0.25, -0.2) is 9.97 Å². The second-order valence-electron chi connectivity index (χ2n) is 4.48. The summed E-state index contributed by atoms with van der Waals surface area (Å²) in [7, 11) is 0. The maximum atomic E-state index is 5.79. The molecule has 2 heterocycles. The monoisotopic (exact) mass is 234 g/mol. The number of hydrogen-bond acceptors (Lipinski definition) is 3. The lowest BCUT2D eigenvalue weighted by molar-refractivity contribution is 0.835. The predicted molar refractivity (Wildman–Crippen MR) is 74.7 cm³/mol. The zero-order chi connectivity index (χ0) is 12.4. The van der Waals surface area contributed by atoms with Gasteiger partial charge in [0.1, 0.15) is 5.52 Å². The number of rotatable bonds is 3. The number of H-pyrrole nitrogens is 1. The highest BCUT2D eigenvalue weighted by molar-refractivity contribution is 5.73. The third-order valence-corrected chi connectivity index (χ3v) is 2.74. The van der Waals surface area contributed by atoms with Gasteiger partial charge in [0.25, 0.3) is 0 Å². The number of nitrogens with zero attached hydrogens (tertiary/aromatic N) is 2. The average Bonchev–Trinajstić information content (AvgIpc) is 2.72. The summed E-state index contributed by atoms with van der Waals surface area (Å²) in [6.07, 6.45) is 4.43. The highest BCUT2D eigenvalue weighted by atomic mass is 14.9. The minimum Gasteiger partial charge on any atom is -0.402 e. The minimum atomic E-state index is 0. The fraction of sp³-hybridized carbons (Fsp3) is 0.385. The number of nitrogens with one attached hydrogen (secondary N) is 1. The Hall–Kier alpha value is -1.84. The number of allylic oxidation sites excluding steroid dienone is 1. The molecular weight excluding hydrogens is 212 g/mol. The van der Waals surface area contributed by atoms with Crippen LogP contribution in [0, 0.1) is 0 Å². The Morgan fingerprint density at radius 3 is 3.00 bits per heavy atom. The zero-order valence-electron chi connectivity index (χ0n) is 10.5. The number of fused-ring (bicyclic) bond motifs is 1. The van der Waals surface area contributed by atoms with Gasteiger partial charge in [-0.3, -0.25) is 0 Å². The molecule has 17 heavy (non-hydrogen) atoms. The molecule has 0 unspecified atom stereocenters. The molecule has 0 aromatic carbocycles. The molecule has 4 heteroatoms. The van der Waals surface area contributed by atoms with Crippen molar-refractivity contribution in [3.63, 3.8) is 0 Å². The normalized spacial score (nSPS) is 12.6. The van der Waals surface area contributed by atoms with E-state index in [0.717, 1.165) is 34.7 Å². The summed E-state index contributed by atoms with van der Waals surface area (Å²) in [5, 5.41) is 0. The summed E-state index contributed by atoms with van der Waals surface area (Å²) >= 11 is 0. The summed E-state index contributed by atoms with van der Waals surface area (Å²) in [6.45, 7) is 6.30. The maximum absolute atomic E-state index is 5.79. The standard InChI is InChI=1S/C13H18N4.2H2/c1-4-9(14)5-10-7-15-13-12(16-10)6-11(17-13)8(2)3;;/h5-8H,4,14H2,1-3H3,(H,15,17);2*1H/b9-5-;;. The molecule has 0 aliphatic carbocycles. The molecule has 4 nitrogen and oxygen atoms in total. The van der Waals surface area contributed by atoms with Crippen molar-refractivity contribution >= 4 is 17.2 Å². The van der Waals surface area contributed by atoms with Crippen molar-refractivity contribution in [3.8, 4) is 0 Å². The van der Waals surface area contributed by atoms with E-state index in [-0.39, 0.29) is 2.85 Å². The van der Waals surface area contributed by atoms with E-state index in [2.05, 4.69) is 28.8 Å². The van der Waals surface area contributed by atoms with Gasteiger partial charge in [-0.15, -0.1) is 0 Å². The lowest BCUT2D eigenvalue weighted by atomic mass is 10.1. The van der Waals surface area contributed by atoms with E-state index in [1.54, 1.807) is 6.20 Å². The molecule has 2 aromatic rings. The van der Waals surface area contributed by atoms with Gasteiger partial charge in [0.05, 0.1) is 11.9 Å². The molecule has 0 saturated heterocycles. The van der Waals surface area contributed by atoms with E-state index in [9.17, 15) is 0 Å². The van der Waals surface area contributed by atoms with Crippen molar-refractivity contribution in [3.05, 3.63) is 29.3 Å². The number of aromatic nitrogens is 3. The zero-order valence-corrected chi connectivity index (χ0v) is 10.5. The van der Waals surface area contributed by atoms with Crippen molar-refractivity contribution in [2.24, 2.45) is 5.73 Å². The van der Waals surface area contributed by atoms with Crippen molar-refractivity contribution < 1.29 is 2.85 Å². The van der Waals surface area contributed by atoms with E-state index >= 15 is 0 Å². The van der Waals surface area contributed by atoms with Gasteiger partial charge in [-0.1, -0.05) is 20.8 Å². The van der Waals surface area contributed by atoms with Gasteiger partial charge in [0.2, 0.25) is 0 Å². The first-order valence-corrected chi connectivity index (χ1v) is 5.92. The van der Waals surface area contributed by atoms with E-state index < -0.39 is 0 Å². The van der Waals surface area contributed by atoms with Crippen molar-refractivity contribution in [1.29, 1.82) is 0 Å². The second kappa shape index (κ2) is 4.57. The topological polar surface area (TPSA) is 67.6 Å². The molecule has 2 rings (SSSR count). The van der Waals surface area contributed by atoms with Crippen LogP contribution in [0.25, 0.3) is 17.2 Å². The van der Waals surface area contributed by atoms with Crippen LogP contribution in [-0.4, -0.2) is 15.0 Å². The predicted octanol–water partition coefficient (Wildman–Crippen LogP) is 3.28. The summed E-state index contributed by atoms with van der Waals surface area (Å²) < 4.78 is 0. The highest BCUT2D eigenvalue weighted by Crippen LogP contribution is 2.18. The van der Waals surface area contributed by atoms with Crippen molar-refractivity contribution in [1.82, 2.24) is 15.0 Å². The van der Waals surface area contributed by atoms with Crippen LogP contribution in [0.3, 0.4) is 0 Å². The number of hydrogen-bond donors (Lipinski definition) is 2. The van der Waals surface area contributed by atoms with Crippen LogP contribution in [0.15, 0.2) is 18.0 Å².